The normalized spacial score (nSPS) is 20.9. The largest absolute Gasteiger partial charge is 0.382 e. The third-order valence-electron chi connectivity index (χ3n) is 6.17. The molecule has 6 N–H and O–H groups in total. The quantitative estimate of drug-likeness (QED) is 0.632. The Hall–Kier alpha value is -2.03. The second-order valence-corrected chi connectivity index (χ2v) is 9.32. The Kier molecular flexibility index (Phi) is 5.35. The molecule has 2 aliphatic rings. The van der Waals surface area contributed by atoms with Crippen LogP contribution in [-0.4, -0.2) is 34.1 Å². The summed E-state index contributed by atoms with van der Waals surface area (Å²) in [6, 6.07) is 1.96. The van der Waals surface area contributed by atoms with E-state index in [1.54, 1.807) is 12.3 Å². The van der Waals surface area contributed by atoms with Crippen LogP contribution in [0.3, 0.4) is 0 Å². The molecule has 1 atom stereocenters. The number of rotatable bonds is 3. The summed E-state index contributed by atoms with van der Waals surface area (Å²) in [4.78, 5) is 16.4. The van der Waals surface area contributed by atoms with Gasteiger partial charge < -0.3 is 22.1 Å². The molecule has 154 valence electrons. The van der Waals surface area contributed by atoms with Crippen molar-refractivity contribution < 1.29 is 0 Å². The molecule has 1 fully saturated rings. The molecule has 0 aromatic carbocycles. The highest BCUT2D eigenvalue weighted by Gasteiger charge is 2.43. The van der Waals surface area contributed by atoms with Gasteiger partial charge in [-0.3, -0.25) is 0 Å². The molecule has 1 aliphatic heterocycles. The molecule has 1 aliphatic carbocycles. The zero-order valence-electron chi connectivity index (χ0n) is 16.7. The van der Waals surface area contributed by atoms with E-state index in [4.69, 9.17) is 33.8 Å². The van der Waals surface area contributed by atoms with E-state index in [1.165, 1.54) is 17.3 Å². The van der Waals surface area contributed by atoms with Crippen molar-refractivity contribution in [2.75, 3.05) is 29.5 Å². The predicted molar refractivity (Wildman–Crippen MR) is 119 cm³/mol. The maximum absolute atomic E-state index is 6.48. The van der Waals surface area contributed by atoms with Gasteiger partial charge in [0.05, 0.1) is 10.7 Å². The van der Waals surface area contributed by atoms with Crippen molar-refractivity contribution in [1.82, 2.24) is 15.0 Å². The summed E-state index contributed by atoms with van der Waals surface area (Å²) in [5, 5.41) is 1.02. The molecular weight excluding hydrogens is 406 g/mol. The second-order valence-electron chi connectivity index (χ2n) is 7.91. The number of piperidine rings is 1. The number of halogens is 1. The highest BCUT2D eigenvalue weighted by atomic mass is 35.5. The van der Waals surface area contributed by atoms with Gasteiger partial charge in [0.1, 0.15) is 10.8 Å². The molecule has 0 unspecified atom stereocenters. The number of allylic oxidation sites excluding steroid dienone is 1. The van der Waals surface area contributed by atoms with Crippen molar-refractivity contribution in [3.05, 3.63) is 34.6 Å². The van der Waals surface area contributed by atoms with Crippen LogP contribution in [-0.2, 0) is 0 Å². The Balaban J connectivity index is 1.52. The molecular formula is C20H26ClN7S. The molecule has 9 heteroatoms. The van der Waals surface area contributed by atoms with Gasteiger partial charge in [-0.25, -0.2) is 15.0 Å². The summed E-state index contributed by atoms with van der Waals surface area (Å²) in [5.74, 6) is 1.52. The fourth-order valence-electron chi connectivity index (χ4n) is 4.28. The van der Waals surface area contributed by atoms with Crippen molar-refractivity contribution in [1.29, 1.82) is 0 Å². The number of hydrogen-bond acceptors (Lipinski definition) is 8. The molecule has 1 spiro atoms. The molecule has 3 heterocycles. The Morgan fingerprint density at radius 2 is 1.90 bits per heavy atom. The van der Waals surface area contributed by atoms with Crippen molar-refractivity contribution in [2.45, 2.75) is 49.1 Å². The zero-order valence-corrected chi connectivity index (χ0v) is 18.2. The number of nitrogens with zero attached hydrogens (tertiary/aromatic N) is 4. The van der Waals surface area contributed by atoms with Crippen LogP contribution in [0.4, 0.5) is 17.5 Å². The maximum atomic E-state index is 6.48. The van der Waals surface area contributed by atoms with Crippen molar-refractivity contribution in [2.24, 2.45) is 11.1 Å². The molecule has 0 bridgehead atoms. The lowest BCUT2D eigenvalue weighted by atomic mass is 9.73. The molecule has 2 aromatic heterocycles. The maximum Gasteiger partial charge on any atom is 0.158 e. The van der Waals surface area contributed by atoms with Crippen molar-refractivity contribution in [3.63, 3.8) is 0 Å². The summed E-state index contributed by atoms with van der Waals surface area (Å²) >= 11 is 7.60. The fourth-order valence-corrected chi connectivity index (χ4v) is 5.37. The van der Waals surface area contributed by atoms with Gasteiger partial charge in [0.25, 0.3) is 0 Å². The standard InChI is InChI=1S/C20H26ClN7S/c1-11-3-5-20(15(11)22)6-9-28(10-7-20)18-12(2)26-19(17(24)27-18)29-13-4-8-25-16(23)14(13)21/h3-4,8,15H,5-7,9-10,22H2,1-2H3,(H2,23,25)(H2,24,27)/t15-/m1/s1. The average molecular weight is 432 g/mol. The first kappa shape index (κ1) is 20.3. The van der Waals surface area contributed by atoms with E-state index in [-0.39, 0.29) is 17.3 Å². The first-order valence-electron chi connectivity index (χ1n) is 9.70. The summed E-state index contributed by atoms with van der Waals surface area (Å²) in [6.45, 7) is 5.92. The Morgan fingerprint density at radius 1 is 1.17 bits per heavy atom. The van der Waals surface area contributed by atoms with Crippen LogP contribution in [0.25, 0.3) is 0 Å². The van der Waals surface area contributed by atoms with Gasteiger partial charge in [0.2, 0.25) is 0 Å². The number of anilines is 3. The minimum Gasteiger partial charge on any atom is -0.382 e. The number of nitrogens with two attached hydrogens (primary N) is 3. The second kappa shape index (κ2) is 7.66. The first-order valence-corrected chi connectivity index (χ1v) is 10.9. The van der Waals surface area contributed by atoms with E-state index in [1.807, 2.05) is 6.92 Å². The summed E-state index contributed by atoms with van der Waals surface area (Å²) in [7, 11) is 0. The molecule has 0 radical (unpaired) electrons. The molecule has 0 amide bonds. The van der Waals surface area contributed by atoms with Crippen LogP contribution >= 0.6 is 23.4 Å². The van der Waals surface area contributed by atoms with Crippen LogP contribution < -0.4 is 22.1 Å². The molecule has 1 saturated heterocycles. The lowest BCUT2D eigenvalue weighted by Gasteiger charge is -2.43. The molecule has 7 nitrogen and oxygen atoms in total. The summed E-state index contributed by atoms with van der Waals surface area (Å²) < 4.78 is 0. The van der Waals surface area contributed by atoms with E-state index in [0.717, 1.165) is 48.8 Å². The van der Waals surface area contributed by atoms with Crippen molar-refractivity contribution in [3.8, 4) is 0 Å². The van der Waals surface area contributed by atoms with Crippen LogP contribution in [0.1, 0.15) is 31.9 Å². The lowest BCUT2D eigenvalue weighted by molar-refractivity contribution is 0.205. The van der Waals surface area contributed by atoms with Gasteiger partial charge in [-0.15, -0.1) is 0 Å². The predicted octanol–water partition coefficient (Wildman–Crippen LogP) is 3.41. The Labute approximate surface area is 180 Å². The number of pyridine rings is 1. The summed E-state index contributed by atoms with van der Waals surface area (Å²) in [6.07, 6.45) is 7.08. The van der Waals surface area contributed by atoms with E-state index in [9.17, 15) is 0 Å². The highest BCUT2D eigenvalue weighted by molar-refractivity contribution is 7.99. The minimum atomic E-state index is 0.165. The van der Waals surface area contributed by atoms with Gasteiger partial charge in [0.15, 0.2) is 11.6 Å². The number of hydrogen-bond donors (Lipinski definition) is 3. The number of aryl methyl sites for hydroxylation is 1. The number of nitrogen functional groups attached to an aromatic ring is 2. The third-order valence-corrected chi connectivity index (χ3v) is 7.73. The van der Waals surface area contributed by atoms with Crippen LogP contribution in [0, 0.1) is 12.3 Å². The first-order chi connectivity index (χ1) is 13.8. The van der Waals surface area contributed by atoms with Gasteiger partial charge in [0, 0.05) is 30.2 Å². The van der Waals surface area contributed by atoms with Crippen molar-refractivity contribution >= 4 is 40.8 Å². The molecule has 29 heavy (non-hydrogen) atoms. The molecule has 0 saturated carbocycles. The van der Waals surface area contributed by atoms with E-state index < -0.39 is 0 Å². The Bertz CT molecular complexity index is 970. The van der Waals surface area contributed by atoms with E-state index in [2.05, 4.69) is 27.9 Å². The van der Waals surface area contributed by atoms with E-state index in [0.29, 0.717) is 15.9 Å². The molecule has 2 aromatic rings. The topological polar surface area (TPSA) is 120 Å². The SMILES string of the molecule is CC1=CCC2(CCN(c3nc(N)c(Sc4ccnc(N)c4Cl)nc3C)CC2)[C@@H]1N. The monoisotopic (exact) mass is 431 g/mol. The smallest absolute Gasteiger partial charge is 0.158 e. The van der Waals surface area contributed by atoms with Gasteiger partial charge in [-0.2, -0.15) is 0 Å². The highest BCUT2D eigenvalue weighted by Crippen LogP contribution is 2.45. The van der Waals surface area contributed by atoms with Gasteiger partial charge in [-0.05, 0) is 44.6 Å². The summed E-state index contributed by atoms with van der Waals surface area (Å²) in [5.41, 5.74) is 20.9. The fraction of sp³-hybridized carbons (Fsp3) is 0.450. The Morgan fingerprint density at radius 3 is 2.55 bits per heavy atom. The minimum absolute atomic E-state index is 0.165. The lowest BCUT2D eigenvalue weighted by Crippen LogP contribution is -2.48. The van der Waals surface area contributed by atoms with Gasteiger partial charge >= 0.3 is 0 Å². The zero-order chi connectivity index (χ0) is 20.8. The van der Waals surface area contributed by atoms with Crippen LogP contribution in [0.5, 0.6) is 0 Å². The van der Waals surface area contributed by atoms with Gasteiger partial charge in [-0.1, -0.05) is 35.0 Å². The molecule has 4 rings (SSSR count). The van der Waals surface area contributed by atoms with Crippen LogP contribution in [0.15, 0.2) is 33.8 Å². The average Bonchev–Trinajstić information content (AvgIpc) is 2.97. The third kappa shape index (κ3) is 3.65. The van der Waals surface area contributed by atoms with Crippen LogP contribution in [0.2, 0.25) is 5.02 Å². The number of aromatic nitrogens is 3. The van der Waals surface area contributed by atoms with E-state index >= 15 is 0 Å².